The van der Waals surface area contributed by atoms with E-state index in [1.54, 1.807) is 7.05 Å². The quantitative estimate of drug-likeness (QED) is 0.565. The molecule has 0 N–H and O–H groups in total. The first-order chi connectivity index (χ1) is 5.75. The summed E-state index contributed by atoms with van der Waals surface area (Å²) in [6.45, 7) is 0. The van der Waals surface area contributed by atoms with E-state index in [1.165, 1.54) is 4.90 Å². The van der Waals surface area contributed by atoms with Crippen LogP contribution in [0.3, 0.4) is 0 Å². The van der Waals surface area contributed by atoms with Crippen LogP contribution in [-0.2, 0) is 4.79 Å². The van der Waals surface area contributed by atoms with E-state index < -0.39 is 0 Å². The lowest BCUT2D eigenvalue weighted by molar-refractivity contribution is -0.113. The average molecular weight is 159 g/mol. The number of carbonyl (C=O) groups is 1. The number of anilines is 1. The van der Waals surface area contributed by atoms with Gasteiger partial charge in [0.15, 0.2) is 0 Å². The molecule has 0 aliphatic rings. The van der Waals surface area contributed by atoms with Crippen LogP contribution in [0.2, 0.25) is 0 Å². The molecule has 2 nitrogen and oxygen atoms in total. The molecule has 0 atom stereocenters. The molecule has 60 valence electrons. The minimum absolute atomic E-state index is 0.332. The van der Waals surface area contributed by atoms with Crippen molar-refractivity contribution in [2.24, 2.45) is 0 Å². The van der Waals surface area contributed by atoms with Gasteiger partial charge < -0.3 is 4.90 Å². The molecule has 0 spiro atoms. The van der Waals surface area contributed by atoms with Crippen molar-refractivity contribution in [2.45, 2.75) is 0 Å². The molecule has 1 rings (SSSR count). The van der Waals surface area contributed by atoms with Crippen LogP contribution in [0.1, 0.15) is 0 Å². The van der Waals surface area contributed by atoms with E-state index in [4.69, 9.17) is 6.42 Å². The molecule has 1 aromatic carbocycles. The van der Waals surface area contributed by atoms with Gasteiger partial charge >= 0.3 is 5.91 Å². The highest BCUT2D eigenvalue weighted by Gasteiger charge is 2.05. The van der Waals surface area contributed by atoms with Gasteiger partial charge in [-0.15, -0.1) is 6.42 Å². The van der Waals surface area contributed by atoms with Crippen molar-refractivity contribution in [3.8, 4) is 12.3 Å². The maximum absolute atomic E-state index is 11.0. The Labute approximate surface area is 71.8 Å². The summed E-state index contributed by atoms with van der Waals surface area (Å²) in [6, 6.07) is 9.26. The minimum Gasteiger partial charge on any atom is -0.305 e. The van der Waals surface area contributed by atoms with Crippen LogP contribution >= 0.6 is 0 Å². The molecule has 0 aromatic heterocycles. The van der Waals surface area contributed by atoms with Gasteiger partial charge in [0.2, 0.25) is 0 Å². The lowest BCUT2D eigenvalue weighted by atomic mass is 10.3. The van der Waals surface area contributed by atoms with E-state index in [9.17, 15) is 4.79 Å². The lowest BCUT2D eigenvalue weighted by Crippen LogP contribution is -2.23. The van der Waals surface area contributed by atoms with Crippen molar-refractivity contribution < 1.29 is 4.79 Å². The van der Waals surface area contributed by atoms with E-state index in [0.717, 1.165) is 5.69 Å². The molecule has 0 heterocycles. The summed E-state index contributed by atoms with van der Waals surface area (Å²) in [6.07, 6.45) is 4.97. The molecule has 0 fully saturated rings. The number of nitrogens with zero attached hydrogens (tertiary/aromatic N) is 1. The topological polar surface area (TPSA) is 20.3 Å². The molecule has 1 amide bonds. The molecule has 1 aromatic rings. The van der Waals surface area contributed by atoms with Crippen molar-refractivity contribution in [2.75, 3.05) is 11.9 Å². The predicted molar refractivity (Wildman–Crippen MR) is 48.7 cm³/mol. The van der Waals surface area contributed by atoms with Crippen LogP contribution in [0.15, 0.2) is 30.3 Å². The number of amides is 1. The number of terminal acetylenes is 1. The highest BCUT2D eigenvalue weighted by atomic mass is 16.2. The number of rotatable bonds is 1. The third kappa shape index (κ3) is 1.64. The molecule has 0 aliphatic heterocycles. The highest BCUT2D eigenvalue weighted by Crippen LogP contribution is 2.10. The molecule has 0 unspecified atom stereocenters. The largest absolute Gasteiger partial charge is 0.305 e. The number of hydrogen-bond donors (Lipinski definition) is 0. The normalized spacial score (nSPS) is 8.67. The van der Waals surface area contributed by atoms with Crippen LogP contribution in [0, 0.1) is 12.3 Å². The van der Waals surface area contributed by atoms with E-state index >= 15 is 0 Å². The van der Waals surface area contributed by atoms with E-state index in [2.05, 4.69) is 5.92 Å². The summed E-state index contributed by atoms with van der Waals surface area (Å²) in [5.41, 5.74) is 0.806. The summed E-state index contributed by atoms with van der Waals surface area (Å²) in [7, 11) is 1.65. The third-order valence-corrected chi connectivity index (χ3v) is 1.57. The fraction of sp³-hybridized carbons (Fsp3) is 0.100. The van der Waals surface area contributed by atoms with E-state index in [0.29, 0.717) is 0 Å². The first-order valence-electron chi connectivity index (χ1n) is 3.55. The van der Waals surface area contributed by atoms with Crippen LogP contribution in [0.4, 0.5) is 5.69 Å². The molecule has 0 saturated heterocycles. The summed E-state index contributed by atoms with van der Waals surface area (Å²) >= 11 is 0. The smallest absolute Gasteiger partial charge is 0.302 e. The monoisotopic (exact) mass is 159 g/mol. The molecule has 2 heteroatoms. The third-order valence-electron chi connectivity index (χ3n) is 1.57. The number of benzene rings is 1. The van der Waals surface area contributed by atoms with Crippen LogP contribution in [-0.4, -0.2) is 13.0 Å². The fourth-order valence-electron chi connectivity index (χ4n) is 0.866. The second-order valence-electron chi connectivity index (χ2n) is 2.34. The van der Waals surface area contributed by atoms with Gasteiger partial charge in [-0.25, -0.2) is 0 Å². The highest BCUT2D eigenvalue weighted by molar-refractivity contribution is 6.04. The molecule has 0 bridgehead atoms. The second-order valence-corrected chi connectivity index (χ2v) is 2.34. The van der Waals surface area contributed by atoms with Crippen molar-refractivity contribution >= 4 is 11.6 Å². The standard InChI is InChI=1S/C10H9NO/c1-3-10(12)11(2)9-7-5-4-6-8-9/h1,4-8H,2H3. The zero-order valence-electron chi connectivity index (χ0n) is 6.82. The average Bonchev–Trinajstić information content (AvgIpc) is 2.17. The Morgan fingerprint density at radius 2 is 2.00 bits per heavy atom. The molecular weight excluding hydrogens is 150 g/mol. The molecule has 12 heavy (non-hydrogen) atoms. The molecule has 0 radical (unpaired) electrons. The van der Waals surface area contributed by atoms with Crippen LogP contribution in [0.5, 0.6) is 0 Å². The van der Waals surface area contributed by atoms with Crippen LogP contribution < -0.4 is 4.90 Å². The zero-order chi connectivity index (χ0) is 8.97. The summed E-state index contributed by atoms with van der Waals surface area (Å²) in [5.74, 6) is 1.72. The van der Waals surface area contributed by atoms with E-state index in [1.807, 2.05) is 30.3 Å². The number of hydrogen-bond acceptors (Lipinski definition) is 1. The fourth-order valence-corrected chi connectivity index (χ4v) is 0.866. The van der Waals surface area contributed by atoms with Crippen molar-refractivity contribution in [1.29, 1.82) is 0 Å². The Kier molecular flexibility index (Phi) is 2.49. The predicted octanol–water partition coefficient (Wildman–Crippen LogP) is 1.28. The Balaban J connectivity index is 2.87. The Morgan fingerprint density at radius 3 is 2.50 bits per heavy atom. The second kappa shape index (κ2) is 3.59. The Hall–Kier alpha value is -1.75. The summed E-state index contributed by atoms with van der Waals surface area (Å²) < 4.78 is 0. The van der Waals surface area contributed by atoms with E-state index in [-0.39, 0.29) is 5.91 Å². The first kappa shape index (κ1) is 8.35. The Morgan fingerprint density at radius 1 is 1.42 bits per heavy atom. The van der Waals surface area contributed by atoms with Gasteiger partial charge in [0.25, 0.3) is 0 Å². The van der Waals surface area contributed by atoms with Gasteiger partial charge in [-0.1, -0.05) is 18.2 Å². The van der Waals surface area contributed by atoms with Crippen LogP contribution in [0.25, 0.3) is 0 Å². The minimum atomic E-state index is -0.332. The van der Waals surface area contributed by atoms with Gasteiger partial charge in [0, 0.05) is 12.7 Å². The zero-order valence-corrected chi connectivity index (χ0v) is 6.82. The maximum atomic E-state index is 11.0. The molecule has 0 aliphatic carbocycles. The SMILES string of the molecule is C#CC(=O)N(C)c1ccccc1. The van der Waals surface area contributed by atoms with Gasteiger partial charge in [-0.05, 0) is 18.1 Å². The van der Waals surface area contributed by atoms with Gasteiger partial charge in [-0.3, -0.25) is 4.79 Å². The number of para-hydroxylation sites is 1. The van der Waals surface area contributed by atoms with Gasteiger partial charge in [0.1, 0.15) is 0 Å². The summed E-state index contributed by atoms with van der Waals surface area (Å²) in [5, 5.41) is 0. The molecular formula is C10H9NO. The Bertz CT molecular complexity index is 310. The molecule has 0 saturated carbocycles. The van der Waals surface area contributed by atoms with Gasteiger partial charge in [-0.2, -0.15) is 0 Å². The maximum Gasteiger partial charge on any atom is 0.302 e. The first-order valence-corrected chi connectivity index (χ1v) is 3.55. The van der Waals surface area contributed by atoms with Crippen molar-refractivity contribution in [3.63, 3.8) is 0 Å². The van der Waals surface area contributed by atoms with Crippen molar-refractivity contribution in [3.05, 3.63) is 30.3 Å². The van der Waals surface area contributed by atoms with Gasteiger partial charge in [0.05, 0.1) is 0 Å². The number of carbonyl (C=O) groups excluding carboxylic acids is 1. The summed E-state index contributed by atoms with van der Waals surface area (Å²) in [4.78, 5) is 12.4. The lowest BCUT2D eigenvalue weighted by Gasteiger charge is -2.12. The van der Waals surface area contributed by atoms with Crippen molar-refractivity contribution in [1.82, 2.24) is 0 Å².